The van der Waals surface area contributed by atoms with Crippen molar-refractivity contribution in [3.63, 3.8) is 0 Å². The van der Waals surface area contributed by atoms with Crippen LogP contribution in [0, 0.1) is 0 Å². The van der Waals surface area contributed by atoms with E-state index in [1.54, 1.807) is 0 Å². The summed E-state index contributed by atoms with van der Waals surface area (Å²) in [6, 6.07) is 7.45. The molecule has 1 atom stereocenters. The molecule has 1 N–H and O–H groups in total. The fraction of sp³-hybridized carbons (Fsp3) is 0.611. The fourth-order valence-corrected chi connectivity index (χ4v) is 2.17. The Morgan fingerprint density at radius 2 is 1.68 bits per heavy atom. The summed E-state index contributed by atoms with van der Waals surface area (Å²) in [6.45, 7) is 9.32. The van der Waals surface area contributed by atoms with Crippen molar-refractivity contribution in [3.05, 3.63) is 24.3 Å². The van der Waals surface area contributed by atoms with Gasteiger partial charge in [-0.2, -0.15) is 0 Å². The van der Waals surface area contributed by atoms with Crippen molar-refractivity contribution in [3.8, 4) is 5.75 Å². The zero-order chi connectivity index (χ0) is 16.4. The van der Waals surface area contributed by atoms with E-state index in [1.807, 2.05) is 38.1 Å². The van der Waals surface area contributed by atoms with Gasteiger partial charge in [0.15, 0.2) is 0 Å². The molecule has 0 heterocycles. The number of amides is 1. The lowest BCUT2D eigenvalue weighted by Crippen LogP contribution is -2.43. The zero-order valence-corrected chi connectivity index (χ0v) is 14.3. The van der Waals surface area contributed by atoms with Gasteiger partial charge in [-0.15, -0.1) is 0 Å². The summed E-state index contributed by atoms with van der Waals surface area (Å²) < 4.78 is 11.3. The summed E-state index contributed by atoms with van der Waals surface area (Å²) in [7, 11) is 0. The van der Waals surface area contributed by atoms with Crippen LogP contribution in [0.25, 0.3) is 0 Å². The van der Waals surface area contributed by atoms with Crippen LogP contribution in [0.5, 0.6) is 5.75 Å². The quantitative estimate of drug-likeness (QED) is 0.697. The van der Waals surface area contributed by atoms with Crippen LogP contribution in [0.4, 0.5) is 5.69 Å². The van der Waals surface area contributed by atoms with Gasteiger partial charge in [-0.25, -0.2) is 0 Å². The monoisotopic (exact) mass is 307 g/mol. The van der Waals surface area contributed by atoms with Crippen LogP contribution in [0.3, 0.4) is 0 Å². The Hall–Kier alpha value is -1.55. The highest BCUT2D eigenvalue weighted by molar-refractivity contribution is 5.97. The molecule has 1 aromatic carbocycles. The zero-order valence-electron chi connectivity index (χ0n) is 14.3. The first-order valence-electron chi connectivity index (χ1n) is 8.24. The van der Waals surface area contributed by atoms with E-state index in [0.717, 1.165) is 30.7 Å². The minimum atomic E-state index is -0.776. The number of anilines is 1. The van der Waals surface area contributed by atoms with Gasteiger partial charge in [-0.05, 0) is 50.5 Å². The van der Waals surface area contributed by atoms with Crippen molar-refractivity contribution in [2.75, 3.05) is 18.5 Å². The average Bonchev–Trinajstić information content (AvgIpc) is 2.52. The number of nitrogens with one attached hydrogen (secondary N) is 1. The van der Waals surface area contributed by atoms with Crippen LogP contribution < -0.4 is 10.1 Å². The molecule has 1 amide bonds. The third kappa shape index (κ3) is 5.68. The molecule has 0 saturated heterocycles. The van der Waals surface area contributed by atoms with E-state index in [0.29, 0.717) is 19.6 Å². The molecule has 22 heavy (non-hydrogen) atoms. The maximum absolute atomic E-state index is 12.5. The van der Waals surface area contributed by atoms with E-state index in [1.165, 1.54) is 0 Å². The van der Waals surface area contributed by atoms with E-state index in [-0.39, 0.29) is 5.91 Å². The van der Waals surface area contributed by atoms with Crippen molar-refractivity contribution in [2.45, 2.75) is 59.0 Å². The van der Waals surface area contributed by atoms with Crippen molar-refractivity contribution >= 4 is 11.6 Å². The van der Waals surface area contributed by atoms with Crippen LogP contribution >= 0.6 is 0 Å². The second-order valence-electron chi connectivity index (χ2n) is 5.66. The molecule has 124 valence electrons. The number of carbonyl (C=O) groups excluding carboxylic acids is 1. The smallest absolute Gasteiger partial charge is 0.256 e. The van der Waals surface area contributed by atoms with Gasteiger partial charge in [-0.3, -0.25) is 4.79 Å². The topological polar surface area (TPSA) is 47.6 Å². The molecule has 4 nitrogen and oxygen atoms in total. The molecular weight excluding hydrogens is 278 g/mol. The van der Waals surface area contributed by atoms with Crippen LogP contribution in [0.2, 0.25) is 0 Å². The lowest BCUT2D eigenvalue weighted by Gasteiger charge is -2.28. The molecule has 1 aromatic rings. The van der Waals surface area contributed by atoms with Crippen molar-refractivity contribution < 1.29 is 14.3 Å². The van der Waals surface area contributed by atoms with Gasteiger partial charge in [0.2, 0.25) is 0 Å². The standard InChI is InChI=1S/C18H29NO3/c1-5-12-18(4,22-14-7-3)17(20)19-15-8-10-16(11-9-15)21-13-6-2/h8-11H,5-7,12-14H2,1-4H3,(H,19,20). The first-order chi connectivity index (χ1) is 10.6. The summed E-state index contributed by atoms with van der Waals surface area (Å²) in [5.74, 6) is 0.725. The molecule has 0 bridgehead atoms. The van der Waals surface area contributed by atoms with Gasteiger partial charge in [0.05, 0.1) is 6.61 Å². The lowest BCUT2D eigenvalue weighted by molar-refractivity contribution is -0.140. The molecule has 0 radical (unpaired) electrons. The van der Waals surface area contributed by atoms with E-state index in [2.05, 4.69) is 19.2 Å². The summed E-state index contributed by atoms with van der Waals surface area (Å²) in [5, 5.41) is 2.94. The second kappa shape index (κ2) is 9.46. The highest BCUT2D eigenvalue weighted by Crippen LogP contribution is 2.22. The second-order valence-corrected chi connectivity index (χ2v) is 5.66. The molecule has 0 aliphatic heterocycles. The van der Waals surface area contributed by atoms with E-state index in [4.69, 9.17) is 9.47 Å². The predicted octanol–water partition coefficient (Wildman–Crippen LogP) is 4.40. The number of benzene rings is 1. The molecule has 0 saturated carbocycles. The van der Waals surface area contributed by atoms with Gasteiger partial charge in [0.25, 0.3) is 5.91 Å². The Morgan fingerprint density at radius 1 is 1.05 bits per heavy atom. The number of hydrogen-bond donors (Lipinski definition) is 1. The molecule has 0 aliphatic rings. The number of carbonyl (C=O) groups is 1. The van der Waals surface area contributed by atoms with E-state index >= 15 is 0 Å². The van der Waals surface area contributed by atoms with Gasteiger partial charge in [0, 0.05) is 12.3 Å². The van der Waals surface area contributed by atoms with Crippen LogP contribution in [-0.2, 0) is 9.53 Å². The van der Waals surface area contributed by atoms with Gasteiger partial charge < -0.3 is 14.8 Å². The molecule has 4 heteroatoms. The first-order valence-corrected chi connectivity index (χ1v) is 8.24. The molecule has 0 fully saturated rings. The van der Waals surface area contributed by atoms with Crippen molar-refractivity contribution in [1.82, 2.24) is 0 Å². The van der Waals surface area contributed by atoms with Crippen molar-refractivity contribution in [2.24, 2.45) is 0 Å². The van der Waals surface area contributed by atoms with Crippen LogP contribution in [0.15, 0.2) is 24.3 Å². The highest BCUT2D eigenvalue weighted by atomic mass is 16.5. The summed E-state index contributed by atoms with van der Waals surface area (Å²) in [6.07, 6.45) is 3.48. The Morgan fingerprint density at radius 3 is 2.23 bits per heavy atom. The van der Waals surface area contributed by atoms with E-state index < -0.39 is 5.60 Å². The third-order valence-corrected chi connectivity index (χ3v) is 3.42. The largest absolute Gasteiger partial charge is 0.494 e. The lowest BCUT2D eigenvalue weighted by atomic mass is 9.99. The minimum absolute atomic E-state index is 0.0926. The number of rotatable bonds is 10. The number of hydrogen-bond acceptors (Lipinski definition) is 3. The molecule has 0 aliphatic carbocycles. The Kier molecular flexibility index (Phi) is 7.96. The third-order valence-electron chi connectivity index (χ3n) is 3.42. The normalized spacial score (nSPS) is 13.5. The highest BCUT2D eigenvalue weighted by Gasteiger charge is 2.33. The van der Waals surface area contributed by atoms with Gasteiger partial charge in [-0.1, -0.05) is 27.2 Å². The minimum Gasteiger partial charge on any atom is -0.494 e. The SMILES string of the molecule is CCCOc1ccc(NC(=O)C(C)(CCC)OCCC)cc1. The van der Waals surface area contributed by atoms with Gasteiger partial charge in [0.1, 0.15) is 11.4 Å². The Balaban J connectivity index is 2.68. The molecule has 1 rings (SSSR count). The molecular formula is C18H29NO3. The summed E-state index contributed by atoms with van der Waals surface area (Å²) in [5.41, 5.74) is -0.0152. The van der Waals surface area contributed by atoms with Crippen LogP contribution in [-0.4, -0.2) is 24.7 Å². The first kappa shape index (κ1) is 18.5. The fourth-order valence-electron chi connectivity index (χ4n) is 2.17. The molecule has 0 spiro atoms. The summed E-state index contributed by atoms with van der Waals surface area (Å²) in [4.78, 5) is 12.5. The van der Waals surface area contributed by atoms with Crippen LogP contribution in [0.1, 0.15) is 53.4 Å². The van der Waals surface area contributed by atoms with Crippen molar-refractivity contribution in [1.29, 1.82) is 0 Å². The maximum Gasteiger partial charge on any atom is 0.256 e. The molecule has 0 aromatic heterocycles. The maximum atomic E-state index is 12.5. The van der Waals surface area contributed by atoms with Gasteiger partial charge >= 0.3 is 0 Å². The van der Waals surface area contributed by atoms with E-state index in [9.17, 15) is 4.79 Å². The molecule has 1 unspecified atom stereocenters. The summed E-state index contributed by atoms with van der Waals surface area (Å²) >= 11 is 0. The number of ether oxygens (including phenoxy) is 2. The Labute approximate surface area is 134 Å². The Bertz CT molecular complexity index is 444. The predicted molar refractivity (Wildman–Crippen MR) is 90.4 cm³/mol. The average molecular weight is 307 g/mol.